The second-order valence-electron chi connectivity index (χ2n) is 5.39. The summed E-state index contributed by atoms with van der Waals surface area (Å²) in [6, 6.07) is 8.19. The molecule has 22 heavy (non-hydrogen) atoms. The van der Waals surface area contributed by atoms with Gasteiger partial charge in [-0.15, -0.1) is 0 Å². The van der Waals surface area contributed by atoms with Crippen molar-refractivity contribution in [2.24, 2.45) is 0 Å². The molecule has 0 saturated carbocycles. The minimum absolute atomic E-state index is 0.00311. The second kappa shape index (κ2) is 7.70. The van der Waals surface area contributed by atoms with Crippen LogP contribution in [0.1, 0.15) is 12.5 Å². The fourth-order valence-corrected chi connectivity index (χ4v) is 2.10. The standard InChI is InChI=1S/C16H21FN4O/c1-13(11-21-9-3-8-19-21)18-10-16(22)20(2)12-14-4-6-15(17)7-5-14/h3-9,13,18H,10-12H2,1-2H3/t13-/m1/s1. The number of likely N-dealkylation sites (N-methyl/N-ethyl adjacent to an activating group) is 1. The molecule has 1 N–H and O–H groups in total. The van der Waals surface area contributed by atoms with Crippen molar-refractivity contribution in [1.29, 1.82) is 0 Å². The van der Waals surface area contributed by atoms with Gasteiger partial charge in [0.05, 0.1) is 13.1 Å². The molecular weight excluding hydrogens is 283 g/mol. The number of benzene rings is 1. The maximum absolute atomic E-state index is 12.9. The molecule has 1 amide bonds. The topological polar surface area (TPSA) is 50.2 Å². The minimum Gasteiger partial charge on any atom is -0.340 e. The molecule has 1 heterocycles. The van der Waals surface area contributed by atoms with E-state index in [1.165, 1.54) is 12.1 Å². The van der Waals surface area contributed by atoms with Gasteiger partial charge < -0.3 is 10.2 Å². The first-order valence-corrected chi connectivity index (χ1v) is 7.24. The third-order valence-electron chi connectivity index (χ3n) is 3.38. The quantitative estimate of drug-likeness (QED) is 0.846. The van der Waals surface area contributed by atoms with E-state index in [2.05, 4.69) is 10.4 Å². The molecule has 2 aromatic rings. The van der Waals surface area contributed by atoms with Crippen LogP contribution in [0.25, 0.3) is 0 Å². The predicted molar refractivity (Wildman–Crippen MR) is 82.6 cm³/mol. The highest BCUT2D eigenvalue weighted by Gasteiger charge is 2.11. The fraction of sp³-hybridized carbons (Fsp3) is 0.375. The van der Waals surface area contributed by atoms with Crippen LogP contribution in [0.5, 0.6) is 0 Å². The van der Waals surface area contributed by atoms with Gasteiger partial charge in [0.1, 0.15) is 5.82 Å². The molecule has 0 unspecified atom stereocenters. The van der Waals surface area contributed by atoms with Crippen LogP contribution in [-0.4, -0.2) is 40.2 Å². The van der Waals surface area contributed by atoms with Crippen LogP contribution in [-0.2, 0) is 17.9 Å². The van der Waals surface area contributed by atoms with E-state index >= 15 is 0 Å². The highest BCUT2D eigenvalue weighted by Crippen LogP contribution is 2.05. The molecular formula is C16H21FN4O. The molecule has 5 nitrogen and oxygen atoms in total. The zero-order valence-corrected chi connectivity index (χ0v) is 12.9. The van der Waals surface area contributed by atoms with E-state index in [-0.39, 0.29) is 24.3 Å². The van der Waals surface area contributed by atoms with Crippen molar-refractivity contribution in [1.82, 2.24) is 20.0 Å². The Kier molecular flexibility index (Phi) is 5.66. The summed E-state index contributed by atoms with van der Waals surface area (Å²) >= 11 is 0. The number of carbonyl (C=O) groups is 1. The molecule has 0 aliphatic rings. The Morgan fingerprint density at radius 1 is 1.41 bits per heavy atom. The number of nitrogens with one attached hydrogen (secondary N) is 1. The van der Waals surface area contributed by atoms with Gasteiger partial charge in [-0.3, -0.25) is 9.48 Å². The van der Waals surface area contributed by atoms with E-state index in [0.717, 1.165) is 5.56 Å². The Hall–Kier alpha value is -2.21. The van der Waals surface area contributed by atoms with Gasteiger partial charge in [0.15, 0.2) is 0 Å². The number of aromatic nitrogens is 2. The van der Waals surface area contributed by atoms with Gasteiger partial charge in [0, 0.05) is 32.0 Å². The monoisotopic (exact) mass is 304 g/mol. The number of hydrogen-bond donors (Lipinski definition) is 1. The maximum atomic E-state index is 12.9. The van der Waals surface area contributed by atoms with E-state index in [4.69, 9.17) is 0 Å². The van der Waals surface area contributed by atoms with Crippen molar-refractivity contribution in [2.75, 3.05) is 13.6 Å². The smallest absolute Gasteiger partial charge is 0.236 e. The summed E-state index contributed by atoms with van der Waals surface area (Å²) in [4.78, 5) is 13.7. The molecule has 2 rings (SSSR count). The summed E-state index contributed by atoms with van der Waals surface area (Å²) in [5.41, 5.74) is 0.904. The lowest BCUT2D eigenvalue weighted by molar-refractivity contribution is -0.129. The first-order valence-electron chi connectivity index (χ1n) is 7.24. The van der Waals surface area contributed by atoms with E-state index in [9.17, 15) is 9.18 Å². The summed E-state index contributed by atoms with van der Waals surface area (Å²) in [6.45, 7) is 3.45. The van der Waals surface area contributed by atoms with Crippen LogP contribution < -0.4 is 5.32 Å². The third-order valence-corrected chi connectivity index (χ3v) is 3.38. The van der Waals surface area contributed by atoms with E-state index in [0.29, 0.717) is 13.1 Å². The number of hydrogen-bond acceptors (Lipinski definition) is 3. The average Bonchev–Trinajstić information content (AvgIpc) is 3.00. The van der Waals surface area contributed by atoms with Crippen molar-refractivity contribution >= 4 is 5.91 Å². The Bertz CT molecular complexity index is 583. The lowest BCUT2D eigenvalue weighted by atomic mass is 10.2. The van der Waals surface area contributed by atoms with E-state index in [1.54, 1.807) is 30.3 Å². The molecule has 0 radical (unpaired) electrons. The number of carbonyl (C=O) groups excluding carboxylic acids is 1. The van der Waals surface area contributed by atoms with Crippen molar-refractivity contribution in [3.63, 3.8) is 0 Å². The Balaban J connectivity index is 1.75. The molecule has 0 bridgehead atoms. The van der Waals surface area contributed by atoms with Gasteiger partial charge in [0.25, 0.3) is 0 Å². The van der Waals surface area contributed by atoms with Crippen molar-refractivity contribution in [2.45, 2.75) is 26.1 Å². The van der Waals surface area contributed by atoms with E-state index in [1.807, 2.05) is 23.9 Å². The Labute approximate surface area is 129 Å². The van der Waals surface area contributed by atoms with Gasteiger partial charge in [-0.25, -0.2) is 4.39 Å². The number of rotatable bonds is 7. The minimum atomic E-state index is -0.271. The third kappa shape index (κ3) is 4.96. The molecule has 0 aliphatic heterocycles. The zero-order chi connectivity index (χ0) is 15.9. The van der Waals surface area contributed by atoms with Crippen LogP contribution in [0.4, 0.5) is 4.39 Å². The van der Waals surface area contributed by atoms with Gasteiger partial charge in [-0.05, 0) is 30.7 Å². The second-order valence-corrected chi connectivity index (χ2v) is 5.39. The van der Waals surface area contributed by atoms with E-state index < -0.39 is 0 Å². The molecule has 0 saturated heterocycles. The van der Waals surface area contributed by atoms with Crippen LogP contribution in [0.2, 0.25) is 0 Å². The Morgan fingerprint density at radius 2 is 2.14 bits per heavy atom. The first-order chi connectivity index (χ1) is 10.5. The number of nitrogens with zero attached hydrogens (tertiary/aromatic N) is 3. The van der Waals surface area contributed by atoms with Crippen LogP contribution in [0.15, 0.2) is 42.7 Å². The van der Waals surface area contributed by atoms with Crippen molar-refractivity contribution in [3.8, 4) is 0 Å². The molecule has 0 spiro atoms. The molecule has 0 fully saturated rings. The van der Waals surface area contributed by atoms with Crippen LogP contribution in [0.3, 0.4) is 0 Å². The van der Waals surface area contributed by atoms with Gasteiger partial charge >= 0.3 is 0 Å². The fourth-order valence-electron chi connectivity index (χ4n) is 2.10. The average molecular weight is 304 g/mol. The van der Waals surface area contributed by atoms with Crippen molar-refractivity contribution in [3.05, 3.63) is 54.1 Å². The summed E-state index contributed by atoms with van der Waals surface area (Å²) in [7, 11) is 1.74. The highest BCUT2D eigenvalue weighted by atomic mass is 19.1. The molecule has 1 aromatic carbocycles. The SMILES string of the molecule is C[C@H](Cn1cccn1)NCC(=O)N(C)Cc1ccc(F)cc1. The zero-order valence-electron chi connectivity index (χ0n) is 12.9. The summed E-state index contributed by atoms with van der Waals surface area (Å²) < 4.78 is 14.7. The normalized spacial score (nSPS) is 12.1. The molecule has 118 valence electrons. The van der Waals surface area contributed by atoms with Crippen molar-refractivity contribution < 1.29 is 9.18 Å². The summed E-state index contributed by atoms with van der Waals surface area (Å²) in [5, 5.41) is 7.32. The Morgan fingerprint density at radius 3 is 2.77 bits per heavy atom. The first kappa shape index (κ1) is 16.2. The molecule has 0 aliphatic carbocycles. The summed E-state index contributed by atoms with van der Waals surface area (Å²) in [5.74, 6) is -0.275. The van der Waals surface area contributed by atoms with Gasteiger partial charge in [0.2, 0.25) is 5.91 Å². The van der Waals surface area contributed by atoms with Crippen LogP contribution in [0, 0.1) is 5.82 Å². The summed E-state index contributed by atoms with van der Waals surface area (Å²) in [6.07, 6.45) is 3.62. The molecule has 1 aromatic heterocycles. The number of amides is 1. The molecule has 1 atom stereocenters. The van der Waals surface area contributed by atoms with Crippen LogP contribution >= 0.6 is 0 Å². The predicted octanol–water partition coefficient (Wildman–Crippen LogP) is 1.66. The van der Waals surface area contributed by atoms with Gasteiger partial charge in [-0.1, -0.05) is 12.1 Å². The maximum Gasteiger partial charge on any atom is 0.236 e. The lowest BCUT2D eigenvalue weighted by Gasteiger charge is -2.19. The molecule has 6 heteroatoms. The van der Waals surface area contributed by atoms with Gasteiger partial charge in [-0.2, -0.15) is 5.10 Å². The lowest BCUT2D eigenvalue weighted by Crippen LogP contribution is -2.40. The largest absolute Gasteiger partial charge is 0.340 e. The highest BCUT2D eigenvalue weighted by molar-refractivity contribution is 5.78. The number of halogens is 1.